The summed E-state index contributed by atoms with van der Waals surface area (Å²) < 4.78 is 11.1. The van der Waals surface area contributed by atoms with Crippen LogP contribution in [0.3, 0.4) is 0 Å². The fourth-order valence-electron chi connectivity index (χ4n) is 3.51. The van der Waals surface area contributed by atoms with Gasteiger partial charge < -0.3 is 14.8 Å². The smallest absolute Gasteiger partial charge is 0.326 e. The Morgan fingerprint density at radius 2 is 2.19 bits per heavy atom. The maximum absolute atomic E-state index is 12.3. The summed E-state index contributed by atoms with van der Waals surface area (Å²) in [6, 6.07) is 0. The van der Waals surface area contributed by atoms with Crippen molar-refractivity contribution in [2.45, 2.75) is 64.8 Å². The average Bonchev–Trinajstić information content (AvgIpc) is 2.88. The van der Waals surface area contributed by atoms with Crippen LogP contribution < -0.4 is 5.32 Å². The second-order valence-electron chi connectivity index (χ2n) is 6.29. The van der Waals surface area contributed by atoms with Crippen LogP contribution in [0.1, 0.15) is 59.3 Å². The molecule has 21 heavy (non-hydrogen) atoms. The molecule has 0 aromatic heterocycles. The monoisotopic (exact) mass is 299 g/mol. The van der Waals surface area contributed by atoms with Crippen molar-refractivity contribution in [2.75, 3.05) is 26.9 Å². The molecule has 0 amide bonds. The van der Waals surface area contributed by atoms with Gasteiger partial charge in [-0.3, -0.25) is 4.79 Å². The first-order chi connectivity index (χ1) is 10.1. The Kier molecular flexibility index (Phi) is 8.27. The van der Waals surface area contributed by atoms with Gasteiger partial charge in [-0.05, 0) is 51.5 Å². The third-order valence-electron chi connectivity index (χ3n) is 4.70. The zero-order valence-corrected chi connectivity index (χ0v) is 14.2. The Morgan fingerprint density at radius 3 is 2.81 bits per heavy atom. The maximum Gasteiger partial charge on any atom is 0.326 e. The summed E-state index contributed by atoms with van der Waals surface area (Å²) in [5.74, 6) is 0.857. The van der Waals surface area contributed by atoms with Gasteiger partial charge >= 0.3 is 5.97 Å². The maximum atomic E-state index is 12.3. The van der Waals surface area contributed by atoms with E-state index in [4.69, 9.17) is 9.47 Å². The first-order valence-corrected chi connectivity index (χ1v) is 8.54. The van der Waals surface area contributed by atoms with E-state index in [-0.39, 0.29) is 5.97 Å². The number of nitrogens with one attached hydrogen (secondary N) is 1. The summed E-state index contributed by atoms with van der Waals surface area (Å²) in [6.45, 7) is 8.31. The van der Waals surface area contributed by atoms with Gasteiger partial charge in [0, 0.05) is 13.2 Å². The number of hydrogen-bond donors (Lipinski definition) is 1. The van der Waals surface area contributed by atoms with Crippen molar-refractivity contribution in [1.29, 1.82) is 0 Å². The summed E-state index contributed by atoms with van der Waals surface area (Å²) in [6.07, 6.45) is 6.38. The van der Waals surface area contributed by atoms with Gasteiger partial charge in [-0.1, -0.05) is 26.7 Å². The third kappa shape index (κ3) is 4.96. The van der Waals surface area contributed by atoms with Crippen molar-refractivity contribution in [3.8, 4) is 0 Å². The Morgan fingerprint density at radius 1 is 1.43 bits per heavy atom. The fraction of sp³-hybridized carbons (Fsp3) is 0.941. The summed E-state index contributed by atoms with van der Waals surface area (Å²) >= 11 is 0. The van der Waals surface area contributed by atoms with Crippen LogP contribution in [0.5, 0.6) is 0 Å². The topological polar surface area (TPSA) is 47.6 Å². The predicted molar refractivity (Wildman–Crippen MR) is 85.3 cm³/mol. The van der Waals surface area contributed by atoms with E-state index in [1.54, 1.807) is 0 Å². The lowest BCUT2D eigenvalue weighted by molar-refractivity contribution is -0.153. The summed E-state index contributed by atoms with van der Waals surface area (Å²) in [5, 5.41) is 3.25. The number of hydrogen-bond acceptors (Lipinski definition) is 4. The molecule has 1 saturated carbocycles. The summed E-state index contributed by atoms with van der Waals surface area (Å²) in [7, 11) is 1.87. The van der Waals surface area contributed by atoms with Gasteiger partial charge in [0.15, 0.2) is 0 Å². The molecule has 4 heteroatoms. The van der Waals surface area contributed by atoms with E-state index >= 15 is 0 Å². The van der Waals surface area contributed by atoms with E-state index in [9.17, 15) is 4.79 Å². The molecule has 0 saturated heterocycles. The van der Waals surface area contributed by atoms with Gasteiger partial charge in [-0.2, -0.15) is 0 Å². The highest BCUT2D eigenvalue weighted by atomic mass is 16.5. The third-order valence-corrected chi connectivity index (χ3v) is 4.70. The summed E-state index contributed by atoms with van der Waals surface area (Å²) in [4.78, 5) is 12.3. The van der Waals surface area contributed by atoms with Crippen LogP contribution in [-0.4, -0.2) is 38.4 Å². The molecule has 0 radical (unpaired) electrons. The first kappa shape index (κ1) is 18.4. The molecular weight excluding hydrogens is 266 g/mol. The fourth-order valence-corrected chi connectivity index (χ4v) is 3.51. The number of rotatable bonds is 10. The molecule has 0 aromatic carbocycles. The molecule has 124 valence electrons. The minimum absolute atomic E-state index is 0.0886. The van der Waals surface area contributed by atoms with Gasteiger partial charge in [0.25, 0.3) is 0 Å². The van der Waals surface area contributed by atoms with Crippen molar-refractivity contribution < 1.29 is 14.3 Å². The molecular formula is C17H33NO3. The van der Waals surface area contributed by atoms with Crippen molar-refractivity contribution in [2.24, 2.45) is 11.8 Å². The predicted octanol–water partition coefficient (Wildman–Crippen LogP) is 3.15. The van der Waals surface area contributed by atoms with E-state index in [1.807, 2.05) is 14.0 Å². The lowest BCUT2D eigenvalue weighted by atomic mass is 9.85. The van der Waals surface area contributed by atoms with Crippen molar-refractivity contribution in [1.82, 2.24) is 5.32 Å². The van der Waals surface area contributed by atoms with Gasteiger partial charge in [-0.15, -0.1) is 0 Å². The average molecular weight is 299 g/mol. The molecule has 0 aromatic rings. The molecule has 1 aliphatic carbocycles. The minimum Gasteiger partial charge on any atom is -0.465 e. The number of ether oxygens (including phenoxy) is 2. The Labute approximate surface area is 130 Å². The van der Waals surface area contributed by atoms with Gasteiger partial charge in [0.05, 0.1) is 6.61 Å². The SMILES string of the molecule is CCCC(C)COCCC1CCCC1(NC)C(=O)OCC. The molecule has 0 aliphatic heterocycles. The highest BCUT2D eigenvalue weighted by Gasteiger charge is 2.48. The standard InChI is InChI=1S/C17H33NO3/c1-5-8-14(3)13-20-12-10-15-9-7-11-17(15,18-4)16(19)21-6-2/h14-15,18H,5-13H2,1-4H3. The van der Waals surface area contributed by atoms with E-state index in [0.29, 0.717) is 18.4 Å². The molecule has 1 rings (SSSR count). The van der Waals surface area contributed by atoms with Crippen LogP contribution in [0.2, 0.25) is 0 Å². The molecule has 3 atom stereocenters. The normalized spacial score (nSPS) is 26.8. The number of carbonyl (C=O) groups is 1. The number of esters is 1. The molecule has 1 aliphatic rings. The molecule has 0 spiro atoms. The Balaban J connectivity index is 2.43. The molecule has 3 unspecified atom stereocenters. The first-order valence-electron chi connectivity index (χ1n) is 8.54. The van der Waals surface area contributed by atoms with E-state index < -0.39 is 5.54 Å². The van der Waals surface area contributed by atoms with E-state index in [2.05, 4.69) is 19.2 Å². The lowest BCUT2D eigenvalue weighted by Crippen LogP contribution is -2.54. The minimum atomic E-state index is -0.492. The lowest BCUT2D eigenvalue weighted by Gasteiger charge is -2.33. The zero-order valence-electron chi connectivity index (χ0n) is 14.2. The second kappa shape index (κ2) is 9.42. The van der Waals surface area contributed by atoms with E-state index in [0.717, 1.165) is 38.9 Å². The number of carbonyl (C=O) groups excluding carboxylic acids is 1. The zero-order chi connectivity index (χ0) is 15.7. The molecule has 0 heterocycles. The van der Waals surface area contributed by atoms with Crippen molar-refractivity contribution >= 4 is 5.97 Å². The van der Waals surface area contributed by atoms with Gasteiger partial charge in [0.2, 0.25) is 0 Å². The number of likely N-dealkylation sites (N-methyl/N-ethyl adjacent to an activating group) is 1. The highest BCUT2D eigenvalue weighted by molar-refractivity contribution is 5.81. The van der Waals surface area contributed by atoms with E-state index in [1.165, 1.54) is 12.8 Å². The van der Waals surface area contributed by atoms with Crippen LogP contribution >= 0.6 is 0 Å². The largest absolute Gasteiger partial charge is 0.465 e. The van der Waals surface area contributed by atoms with Crippen LogP contribution in [-0.2, 0) is 14.3 Å². The van der Waals surface area contributed by atoms with Gasteiger partial charge in [0.1, 0.15) is 5.54 Å². The van der Waals surface area contributed by atoms with Crippen LogP contribution in [0.4, 0.5) is 0 Å². The summed E-state index contributed by atoms with van der Waals surface area (Å²) in [5.41, 5.74) is -0.492. The molecule has 1 fully saturated rings. The van der Waals surface area contributed by atoms with Crippen LogP contribution in [0.15, 0.2) is 0 Å². The molecule has 1 N–H and O–H groups in total. The van der Waals surface area contributed by atoms with Crippen LogP contribution in [0.25, 0.3) is 0 Å². The highest BCUT2D eigenvalue weighted by Crippen LogP contribution is 2.38. The van der Waals surface area contributed by atoms with Crippen LogP contribution in [0, 0.1) is 11.8 Å². The Bertz CT molecular complexity index is 308. The van der Waals surface area contributed by atoms with Crippen molar-refractivity contribution in [3.05, 3.63) is 0 Å². The molecule has 0 bridgehead atoms. The van der Waals surface area contributed by atoms with Gasteiger partial charge in [-0.25, -0.2) is 0 Å². The molecule has 4 nitrogen and oxygen atoms in total. The second-order valence-corrected chi connectivity index (χ2v) is 6.29. The quantitative estimate of drug-likeness (QED) is 0.497. The van der Waals surface area contributed by atoms with Crippen molar-refractivity contribution in [3.63, 3.8) is 0 Å². The Hall–Kier alpha value is -0.610.